The third-order valence-corrected chi connectivity index (χ3v) is 8.32. The Morgan fingerprint density at radius 1 is 1.23 bits per heavy atom. The average Bonchev–Trinajstić information content (AvgIpc) is 3.33. The van der Waals surface area contributed by atoms with Crippen molar-refractivity contribution in [1.82, 2.24) is 9.62 Å². The summed E-state index contributed by atoms with van der Waals surface area (Å²) in [6.07, 6.45) is 1.88. The summed E-state index contributed by atoms with van der Waals surface area (Å²) in [7, 11) is -2.00. The van der Waals surface area contributed by atoms with E-state index in [4.69, 9.17) is 4.74 Å². The van der Waals surface area contributed by atoms with Crippen molar-refractivity contribution in [2.75, 3.05) is 38.7 Å². The molecule has 8 nitrogen and oxygen atoms in total. The number of sulfonamides is 1. The number of hydrogen-bond acceptors (Lipinski definition) is 6. The van der Waals surface area contributed by atoms with Crippen LogP contribution in [0.4, 0.5) is 5.69 Å². The van der Waals surface area contributed by atoms with Crippen LogP contribution in [0.25, 0.3) is 0 Å². The SMILES string of the molecule is COCCCNC(=O)c1ccccc1NC(=O)[C@@H]1CCCN(S(=O)(=O)c2cccs2)C1. The van der Waals surface area contributed by atoms with Gasteiger partial charge in [0.1, 0.15) is 4.21 Å². The molecule has 1 fully saturated rings. The van der Waals surface area contributed by atoms with Gasteiger partial charge in [-0.2, -0.15) is 4.31 Å². The van der Waals surface area contributed by atoms with Crippen molar-refractivity contribution < 1.29 is 22.7 Å². The number of ether oxygens (including phenoxy) is 1. The minimum Gasteiger partial charge on any atom is -0.385 e. The van der Waals surface area contributed by atoms with E-state index in [1.165, 1.54) is 15.6 Å². The molecule has 2 N–H and O–H groups in total. The van der Waals surface area contributed by atoms with Gasteiger partial charge in [0.2, 0.25) is 5.91 Å². The quantitative estimate of drug-likeness (QED) is 0.554. The van der Waals surface area contributed by atoms with Crippen LogP contribution < -0.4 is 10.6 Å². The zero-order valence-electron chi connectivity index (χ0n) is 17.4. The second kappa shape index (κ2) is 10.9. The molecule has 1 aliphatic rings. The molecule has 2 aromatic rings. The number of anilines is 1. The lowest BCUT2D eigenvalue weighted by atomic mass is 9.98. The van der Waals surface area contributed by atoms with Crippen LogP contribution in [0, 0.1) is 5.92 Å². The lowest BCUT2D eigenvalue weighted by Gasteiger charge is -2.30. The van der Waals surface area contributed by atoms with Crippen LogP contribution in [0.1, 0.15) is 29.6 Å². The summed E-state index contributed by atoms with van der Waals surface area (Å²) in [6.45, 7) is 1.53. The molecule has 1 atom stereocenters. The number of para-hydroxylation sites is 1. The highest BCUT2D eigenvalue weighted by atomic mass is 32.2. The first-order valence-electron chi connectivity index (χ1n) is 10.1. The Bertz CT molecular complexity index is 992. The second-order valence-corrected chi connectivity index (χ2v) is 10.4. The Hall–Kier alpha value is -2.27. The number of carbonyl (C=O) groups is 2. The van der Waals surface area contributed by atoms with E-state index in [0.717, 1.165) is 0 Å². The van der Waals surface area contributed by atoms with Gasteiger partial charge < -0.3 is 15.4 Å². The molecule has 2 heterocycles. The largest absolute Gasteiger partial charge is 0.385 e. The normalized spacial score (nSPS) is 17.3. The number of rotatable bonds is 9. The van der Waals surface area contributed by atoms with E-state index in [2.05, 4.69) is 10.6 Å². The van der Waals surface area contributed by atoms with E-state index < -0.39 is 15.9 Å². The number of nitrogens with one attached hydrogen (secondary N) is 2. The molecule has 0 radical (unpaired) electrons. The highest BCUT2D eigenvalue weighted by Gasteiger charge is 2.34. The number of thiophene rings is 1. The maximum atomic E-state index is 12.9. The predicted octanol–water partition coefficient (Wildman–Crippen LogP) is 2.55. The molecule has 0 saturated carbocycles. The van der Waals surface area contributed by atoms with E-state index in [1.807, 2.05) is 0 Å². The van der Waals surface area contributed by atoms with Gasteiger partial charge in [0, 0.05) is 33.4 Å². The van der Waals surface area contributed by atoms with E-state index in [0.29, 0.717) is 50.2 Å². The van der Waals surface area contributed by atoms with Crippen LogP contribution in [0.2, 0.25) is 0 Å². The first kappa shape index (κ1) is 23.4. The fraction of sp³-hybridized carbons (Fsp3) is 0.429. The monoisotopic (exact) mass is 465 g/mol. The summed E-state index contributed by atoms with van der Waals surface area (Å²) in [6, 6.07) is 10.1. The Balaban J connectivity index is 1.66. The van der Waals surface area contributed by atoms with Crippen molar-refractivity contribution in [2.24, 2.45) is 5.92 Å². The maximum Gasteiger partial charge on any atom is 0.253 e. The lowest BCUT2D eigenvalue weighted by molar-refractivity contribution is -0.120. The zero-order chi connectivity index (χ0) is 22.3. The number of benzene rings is 1. The number of piperidine rings is 1. The summed E-state index contributed by atoms with van der Waals surface area (Å²) in [5.74, 6) is -1.05. The number of methoxy groups -OCH3 is 1. The van der Waals surface area contributed by atoms with Crippen molar-refractivity contribution in [1.29, 1.82) is 0 Å². The highest BCUT2D eigenvalue weighted by molar-refractivity contribution is 7.91. The Morgan fingerprint density at radius 2 is 2.03 bits per heavy atom. The summed E-state index contributed by atoms with van der Waals surface area (Å²) in [5.41, 5.74) is 0.780. The summed E-state index contributed by atoms with van der Waals surface area (Å²) in [4.78, 5) is 25.4. The third-order valence-electron chi connectivity index (χ3n) is 5.08. The van der Waals surface area contributed by atoms with Crippen LogP contribution in [0.3, 0.4) is 0 Å². The molecule has 0 unspecified atom stereocenters. The van der Waals surface area contributed by atoms with Gasteiger partial charge in [-0.3, -0.25) is 9.59 Å². The maximum absolute atomic E-state index is 12.9. The van der Waals surface area contributed by atoms with Gasteiger partial charge in [-0.25, -0.2) is 8.42 Å². The first-order valence-corrected chi connectivity index (χ1v) is 12.5. The fourth-order valence-electron chi connectivity index (χ4n) is 3.45. The minimum absolute atomic E-state index is 0.122. The smallest absolute Gasteiger partial charge is 0.253 e. The van der Waals surface area contributed by atoms with Gasteiger partial charge in [-0.05, 0) is 42.8 Å². The number of amides is 2. The molecule has 1 aromatic heterocycles. The lowest BCUT2D eigenvalue weighted by Crippen LogP contribution is -2.43. The number of nitrogens with zero attached hydrogens (tertiary/aromatic N) is 1. The third kappa shape index (κ3) is 5.91. The number of hydrogen-bond donors (Lipinski definition) is 2. The van der Waals surface area contributed by atoms with Crippen LogP contribution in [0.15, 0.2) is 46.0 Å². The summed E-state index contributed by atoms with van der Waals surface area (Å²) >= 11 is 1.17. The molecule has 3 rings (SSSR count). The van der Waals surface area contributed by atoms with E-state index in [-0.39, 0.29) is 22.6 Å². The van der Waals surface area contributed by atoms with Crippen molar-refractivity contribution in [3.63, 3.8) is 0 Å². The molecule has 10 heteroatoms. The van der Waals surface area contributed by atoms with Gasteiger partial charge in [-0.1, -0.05) is 18.2 Å². The van der Waals surface area contributed by atoms with Gasteiger partial charge in [0.15, 0.2) is 0 Å². The Morgan fingerprint density at radius 3 is 2.77 bits per heavy atom. The molecule has 0 spiro atoms. The molecule has 1 saturated heterocycles. The van der Waals surface area contributed by atoms with E-state index in [1.54, 1.807) is 48.9 Å². The van der Waals surface area contributed by atoms with Gasteiger partial charge >= 0.3 is 0 Å². The molecule has 1 aromatic carbocycles. The van der Waals surface area contributed by atoms with E-state index in [9.17, 15) is 18.0 Å². The van der Waals surface area contributed by atoms with Crippen molar-refractivity contribution in [2.45, 2.75) is 23.5 Å². The molecule has 168 valence electrons. The topological polar surface area (TPSA) is 105 Å². The van der Waals surface area contributed by atoms with Crippen LogP contribution in [-0.4, -0.2) is 57.9 Å². The molecule has 0 bridgehead atoms. The van der Waals surface area contributed by atoms with Gasteiger partial charge in [-0.15, -0.1) is 11.3 Å². The zero-order valence-corrected chi connectivity index (χ0v) is 19.0. The molecule has 0 aliphatic carbocycles. The van der Waals surface area contributed by atoms with Crippen LogP contribution in [0.5, 0.6) is 0 Å². The predicted molar refractivity (Wildman–Crippen MR) is 120 cm³/mol. The molecular weight excluding hydrogens is 438 g/mol. The summed E-state index contributed by atoms with van der Waals surface area (Å²) < 4.78 is 32.2. The molecule has 2 amide bonds. The minimum atomic E-state index is -3.60. The van der Waals surface area contributed by atoms with Crippen molar-refractivity contribution in [3.8, 4) is 0 Å². The van der Waals surface area contributed by atoms with Crippen LogP contribution in [-0.2, 0) is 19.6 Å². The highest BCUT2D eigenvalue weighted by Crippen LogP contribution is 2.27. The molecule has 1 aliphatic heterocycles. The summed E-state index contributed by atoms with van der Waals surface area (Å²) in [5, 5.41) is 7.36. The average molecular weight is 466 g/mol. The Labute approximate surface area is 186 Å². The van der Waals surface area contributed by atoms with Gasteiger partial charge in [0.25, 0.3) is 15.9 Å². The fourth-order valence-corrected chi connectivity index (χ4v) is 6.12. The van der Waals surface area contributed by atoms with Gasteiger partial charge in [0.05, 0.1) is 17.2 Å². The van der Waals surface area contributed by atoms with E-state index >= 15 is 0 Å². The number of carbonyl (C=O) groups excluding carboxylic acids is 2. The van der Waals surface area contributed by atoms with Crippen molar-refractivity contribution in [3.05, 3.63) is 47.3 Å². The second-order valence-electron chi connectivity index (χ2n) is 7.27. The Kier molecular flexibility index (Phi) is 8.19. The standard InChI is InChI=1S/C21H27N3O5S2/c1-29-13-6-11-22-21(26)17-8-2-3-9-18(17)23-20(25)16-7-4-12-24(15-16)31(27,28)19-10-5-14-30-19/h2-3,5,8-10,14,16H,4,6-7,11-13,15H2,1H3,(H,22,26)(H,23,25)/t16-/m1/s1. The molecule has 31 heavy (non-hydrogen) atoms. The first-order chi connectivity index (χ1) is 14.9. The van der Waals surface area contributed by atoms with Crippen molar-refractivity contribution >= 4 is 38.9 Å². The van der Waals surface area contributed by atoms with Crippen LogP contribution >= 0.6 is 11.3 Å². The molecular formula is C21H27N3O5S2.